The molecule has 2 atom stereocenters. The molecule has 0 bridgehead atoms. The third-order valence-electron chi connectivity index (χ3n) is 3.78. The lowest BCUT2D eigenvalue weighted by Gasteiger charge is -2.35. The van der Waals surface area contributed by atoms with Crippen LogP contribution in [0.1, 0.15) is 47.5 Å². The number of nitrogens with zero attached hydrogens (tertiary/aromatic N) is 1. The summed E-state index contributed by atoms with van der Waals surface area (Å²) in [5, 5.41) is 3.33. The molecule has 0 aliphatic carbocycles. The quantitative estimate of drug-likeness (QED) is 0.652. The molecule has 0 amide bonds. The van der Waals surface area contributed by atoms with Crippen LogP contribution in [0.4, 0.5) is 0 Å². The standard InChI is InChI=1S/C14H32N2/c1-7-13(4)10-16(9-3)12-14(5,8-2)11-15-6/h13,15H,7-12H2,1-6H3. The number of nitrogens with one attached hydrogen (secondary N) is 1. The summed E-state index contributed by atoms with van der Waals surface area (Å²) in [6, 6.07) is 0. The fourth-order valence-corrected chi connectivity index (χ4v) is 2.13. The normalized spacial score (nSPS) is 17.4. The molecule has 1 N–H and O–H groups in total. The maximum atomic E-state index is 3.33. The second kappa shape index (κ2) is 8.08. The van der Waals surface area contributed by atoms with Gasteiger partial charge in [-0.25, -0.2) is 0 Å². The monoisotopic (exact) mass is 228 g/mol. The van der Waals surface area contributed by atoms with Crippen molar-refractivity contribution in [2.45, 2.75) is 47.5 Å². The van der Waals surface area contributed by atoms with Gasteiger partial charge in [0.25, 0.3) is 0 Å². The molecule has 2 heteroatoms. The zero-order chi connectivity index (χ0) is 12.6. The lowest BCUT2D eigenvalue weighted by atomic mass is 9.86. The van der Waals surface area contributed by atoms with Crippen LogP contribution in [0.15, 0.2) is 0 Å². The first-order valence-corrected chi connectivity index (χ1v) is 6.88. The van der Waals surface area contributed by atoms with E-state index in [4.69, 9.17) is 0 Å². The minimum absolute atomic E-state index is 0.415. The van der Waals surface area contributed by atoms with Crippen LogP contribution in [0.25, 0.3) is 0 Å². The van der Waals surface area contributed by atoms with Gasteiger partial charge in [-0.1, -0.05) is 41.0 Å². The van der Waals surface area contributed by atoms with Crippen LogP contribution in [-0.4, -0.2) is 38.1 Å². The predicted molar refractivity (Wildman–Crippen MR) is 73.9 cm³/mol. The van der Waals surface area contributed by atoms with E-state index in [0.29, 0.717) is 5.41 Å². The van der Waals surface area contributed by atoms with Crippen LogP contribution in [0.2, 0.25) is 0 Å². The molecule has 0 radical (unpaired) electrons. The highest BCUT2D eigenvalue weighted by Crippen LogP contribution is 2.22. The Morgan fingerprint density at radius 2 is 1.88 bits per heavy atom. The molecular formula is C14H32N2. The summed E-state index contributed by atoms with van der Waals surface area (Å²) >= 11 is 0. The molecule has 0 aromatic carbocycles. The Hall–Kier alpha value is -0.0800. The first-order valence-electron chi connectivity index (χ1n) is 6.88. The largest absolute Gasteiger partial charge is 0.319 e. The highest BCUT2D eigenvalue weighted by Gasteiger charge is 2.24. The van der Waals surface area contributed by atoms with Crippen LogP contribution in [-0.2, 0) is 0 Å². The molecule has 0 fully saturated rings. The lowest BCUT2D eigenvalue weighted by molar-refractivity contribution is 0.146. The summed E-state index contributed by atoms with van der Waals surface area (Å²) in [4.78, 5) is 2.61. The van der Waals surface area contributed by atoms with E-state index in [9.17, 15) is 0 Å². The maximum Gasteiger partial charge on any atom is 0.00474 e. The second-order valence-electron chi connectivity index (χ2n) is 5.54. The fraction of sp³-hybridized carbons (Fsp3) is 1.00. The van der Waals surface area contributed by atoms with Crippen molar-refractivity contribution < 1.29 is 0 Å². The summed E-state index contributed by atoms with van der Waals surface area (Å²) in [5.41, 5.74) is 0.415. The fourth-order valence-electron chi connectivity index (χ4n) is 2.13. The van der Waals surface area contributed by atoms with Crippen molar-refractivity contribution in [3.8, 4) is 0 Å². The van der Waals surface area contributed by atoms with Gasteiger partial charge in [-0.15, -0.1) is 0 Å². The van der Waals surface area contributed by atoms with Crippen molar-refractivity contribution in [3.05, 3.63) is 0 Å². The van der Waals surface area contributed by atoms with E-state index in [0.717, 1.165) is 12.5 Å². The molecule has 0 saturated carbocycles. The van der Waals surface area contributed by atoms with E-state index < -0.39 is 0 Å². The Balaban J connectivity index is 4.26. The molecule has 0 aromatic heterocycles. The molecule has 98 valence electrons. The Labute approximate surface area is 103 Å². The molecule has 0 spiro atoms. The molecule has 0 saturated heterocycles. The maximum absolute atomic E-state index is 3.33. The zero-order valence-corrected chi connectivity index (χ0v) is 12.3. The minimum atomic E-state index is 0.415. The van der Waals surface area contributed by atoms with E-state index in [2.05, 4.69) is 51.9 Å². The van der Waals surface area contributed by atoms with Crippen LogP contribution < -0.4 is 5.32 Å². The van der Waals surface area contributed by atoms with Crippen molar-refractivity contribution in [3.63, 3.8) is 0 Å². The summed E-state index contributed by atoms with van der Waals surface area (Å²) in [5.74, 6) is 0.815. The summed E-state index contributed by atoms with van der Waals surface area (Å²) < 4.78 is 0. The van der Waals surface area contributed by atoms with E-state index >= 15 is 0 Å². The van der Waals surface area contributed by atoms with Gasteiger partial charge in [0.15, 0.2) is 0 Å². The van der Waals surface area contributed by atoms with Crippen molar-refractivity contribution in [1.82, 2.24) is 10.2 Å². The predicted octanol–water partition coefficient (Wildman–Crippen LogP) is 2.99. The molecule has 0 aliphatic rings. The van der Waals surface area contributed by atoms with Gasteiger partial charge in [-0.2, -0.15) is 0 Å². The number of rotatable bonds is 9. The second-order valence-corrected chi connectivity index (χ2v) is 5.54. The number of hydrogen-bond acceptors (Lipinski definition) is 2. The summed E-state index contributed by atoms with van der Waals surface area (Å²) in [6.45, 7) is 16.3. The topological polar surface area (TPSA) is 15.3 Å². The van der Waals surface area contributed by atoms with Crippen molar-refractivity contribution in [1.29, 1.82) is 0 Å². The van der Waals surface area contributed by atoms with Gasteiger partial charge in [-0.3, -0.25) is 0 Å². The SMILES string of the molecule is CCC(C)CN(CC)CC(C)(CC)CNC. The molecule has 0 aromatic rings. The highest BCUT2D eigenvalue weighted by molar-refractivity contribution is 4.79. The van der Waals surface area contributed by atoms with Gasteiger partial charge in [0.05, 0.1) is 0 Å². The molecule has 0 heterocycles. The van der Waals surface area contributed by atoms with E-state index in [1.165, 1.54) is 32.5 Å². The molecule has 2 unspecified atom stereocenters. The van der Waals surface area contributed by atoms with E-state index in [1.54, 1.807) is 0 Å². The smallest absolute Gasteiger partial charge is 0.00474 e. The van der Waals surface area contributed by atoms with Crippen LogP contribution in [0, 0.1) is 11.3 Å². The average Bonchev–Trinajstić information content (AvgIpc) is 2.28. The Bertz CT molecular complexity index is 170. The Morgan fingerprint density at radius 1 is 1.25 bits per heavy atom. The molecule has 2 nitrogen and oxygen atoms in total. The lowest BCUT2D eigenvalue weighted by Crippen LogP contribution is -2.42. The molecule has 16 heavy (non-hydrogen) atoms. The zero-order valence-electron chi connectivity index (χ0n) is 12.3. The van der Waals surface area contributed by atoms with Gasteiger partial charge >= 0.3 is 0 Å². The summed E-state index contributed by atoms with van der Waals surface area (Å²) in [6.07, 6.45) is 2.52. The third kappa shape index (κ3) is 5.86. The summed E-state index contributed by atoms with van der Waals surface area (Å²) in [7, 11) is 2.05. The van der Waals surface area contributed by atoms with Crippen LogP contribution in [0.3, 0.4) is 0 Å². The molecule has 0 aliphatic heterocycles. The Morgan fingerprint density at radius 3 is 2.25 bits per heavy atom. The van der Waals surface area contributed by atoms with Crippen molar-refractivity contribution >= 4 is 0 Å². The van der Waals surface area contributed by atoms with Gasteiger partial charge < -0.3 is 10.2 Å². The molecule has 0 rings (SSSR count). The first kappa shape index (κ1) is 15.9. The average molecular weight is 228 g/mol. The van der Waals surface area contributed by atoms with E-state index in [1.807, 2.05) is 0 Å². The van der Waals surface area contributed by atoms with Gasteiger partial charge in [0.2, 0.25) is 0 Å². The van der Waals surface area contributed by atoms with Crippen molar-refractivity contribution in [2.75, 3.05) is 33.2 Å². The van der Waals surface area contributed by atoms with Gasteiger partial charge in [-0.05, 0) is 31.3 Å². The molecular weight excluding hydrogens is 196 g/mol. The van der Waals surface area contributed by atoms with Crippen molar-refractivity contribution in [2.24, 2.45) is 11.3 Å². The highest BCUT2D eigenvalue weighted by atomic mass is 15.1. The van der Waals surface area contributed by atoms with E-state index in [-0.39, 0.29) is 0 Å². The number of hydrogen-bond donors (Lipinski definition) is 1. The van der Waals surface area contributed by atoms with Gasteiger partial charge in [0.1, 0.15) is 0 Å². The van der Waals surface area contributed by atoms with Crippen LogP contribution >= 0.6 is 0 Å². The third-order valence-corrected chi connectivity index (χ3v) is 3.78. The first-order chi connectivity index (χ1) is 7.51. The minimum Gasteiger partial charge on any atom is -0.319 e. The Kier molecular flexibility index (Phi) is 8.04. The van der Waals surface area contributed by atoms with Crippen LogP contribution in [0.5, 0.6) is 0 Å². The van der Waals surface area contributed by atoms with Gasteiger partial charge in [0, 0.05) is 19.6 Å².